The molecule has 13 heavy (non-hydrogen) atoms. The van der Waals surface area contributed by atoms with Gasteiger partial charge in [0.15, 0.2) is 0 Å². The molecule has 0 aromatic heterocycles. The Kier molecular flexibility index (Phi) is 13.7. The summed E-state index contributed by atoms with van der Waals surface area (Å²) in [5, 5.41) is 0. The third-order valence-corrected chi connectivity index (χ3v) is 1.87. The topological polar surface area (TPSA) is 0 Å². The lowest BCUT2D eigenvalue weighted by atomic mass is 10.0. The van der Waals surface area contributed by atoms with E-state index in [1.807, 2.05) is 13.8 Å². The van der Waals surface area contributed by atoms with Gasteiger partial charge in [-0.2, -0.15) is 0 Å². The SMILES string of the molecule is CC.CCCC/C(=C/C(C)C)CC. The van der Waals surface area contributed by atoms with Crippen molar-refractivity contribution < 1.29 is 0 Å². The van der Waals surface area contributed by atoms with Gasteiger partial charge >= 0.3 is 0 Å². The normalized spacial score (nSPS) is 11.2. The maximum absolute atomic E-state index is 2.41. The zero-order valence-electron chi connectivity index (χ0n) is 10.5. The molecule has 0 N–H and O–H groups in total. The standard InChI is InChI=1S/C11H22.C2H6/c1-5-7-8-11(6-2)9-10(3)4;1-2/h9-10H,5-8H2,1-4H3;1-2H3/b11-9+;. The lowest BCUT2D eigenvalue weighted by molar-refractivity contribution is 0.738. The van der Waals surface area contributed by atoms with E-state index < -0.39 is 0 Å². The summed E-state index contributed by atoms with van der Waals surface area (Å²) in [4.78, 5) is 0. The number of allylic oxidation sites excluding steroid dienone is 2. The fraction of sp³-hybridized carbons (Fsp3) is 0.846. The number of hydrogen-bond donors (Lipinski definition) is 0. The van der Waals surface area contributed by atoms with Crippen molar-refractivity contribution in [2.75, 3.05) is 0 Å². The second-order valence-corrected chi connectivity index (χ2v) is 3.53. The van der Waals surface area contributed by atoms with E-state index in [2.05, 4.69) is 33.8 Å². The minimum Gasteiger partial charge on any atom is -0.0828 e. The van der Waals surface area contributed by atoms with Gasteiger partial charge in [-0.05, 0) is 25.2 Å². The van der Waals surface area contributed by atoms with Crippen molar-refractivity contribution in [2.24, 2.45) is 5.92 Å². The quantitative estimate of drug-likeness (QED) is 0.515. The van der Waals surface area contributed by atoms with Crippen molar-refractivity contribution in [1.82, 2.24) is 0 Å². The lowest BCUT2D eigenvalue weighted by Gasteiger charge is -2.04. The van der Waals surface area contributed by atoms with E-state index in [0.29, 0.717) is 0 Å². The first-order valence-electron chi connectivity index (χ1n) is 5.90. The van der Waals surface area contributed by atoms with Crippen LogP contribution in [0, 0.1) is 5.92 Å². The van der Waals surface area contributed by atoms with Gasteiger partial charge in [0.25, 0.3) is 0 Å². The van der Waals surface area contributed by atoms with E-state index >= 15 is 0 Å². The predicted octanol–water partition coefficient (Wildman–Crippen LogP) is 5.20. The van der Waals surface area contributed by atoms with Crippen LogP contribution >= 0.6 is 0 Å². The van der Waals surface area contributed by atoms with E-state index in [0.717, 1.165) is 5.92 Å². The van der Waals surface area contributed by atoms with Crippen LogP contribution in [-0.4, -0.2) is 0 Å². The van der Waals surface area contributed by atoms with E-state index in [9.17, 15) is 0 Å². The Morgan fingerprint density at radius 1 is 1.15 bits per heavy atom. The minimum absolute atomic E-state index is 0.724. The molecule has 0 aliphatic heterocycles. The second-order valence-electron chi connectivity index (χ2n) is 3.53. The van der Waals surface area contributed by atoms with Crippen LogP contribution in [0.2, 0.25) is 0 Å². The number of hydrogen-bond acceptors (Lipinski definition) is 0. The summed E-state index contributed by atoms with van der Waals surface area (Å²) in [7, 11) is 0. The predicted molar refractivity (Wildman–Crippen MR) is 64.1 cm³/mol. The molecule has 0 rings (SSSR count). The average Bonchev–Trinajstić information content (AvgIpc) is 2.15. The zero-order chi connectivity index (χ0) is 10.7. The van der Waals surface area contributed by atoms with Gasteiger partial charge in [-0.25, -0.2) is 0 Å². The summed E-state index contributed by atoms with van der Waals surface area (Å²) in [6.45, 7) is 13.0. The van der Waals surface area contributed by atoms with Crippen molar-refractivity contribution in [3.8, 4) is 0 Å². The van der Waals surface area contributed by atoms with Crippen LogP contribution in [-0.2, 0) is 0 Å². The summed E-state index contributed by atoms with van der Waals surface area (Å²) in [5.41, 5.74) is 1.64. The van der Waals surface area contributed by atoms with Crippen molar-refractivity contribution in [1.29, 1.82) is 0 Å². The molecule has 0 aromatic rings. The summed E-state index contributed by atoms with van der Waals surface area (Å²) in [6, 6.07) is 0. The molecule has 80 valence electrons. The van der Waals surface area contributed by atoms with Gasteiger partial charge in [-0.15, -0.1) is 0 Å². The highest BCUT2D eigenvalue weighted by molar-refractivity contribution is 5.02. The molecular formula is C13H28. The van der Waals surface area contributed by atoms with Gasteiger partial charge in [0.2, 0.25) is 0 Å². The Bertz CT molecular complexity index is 109. The van der Waals surface area contributed by atoms with Crippen LogP contribution in [0.4, 0.5) is 0 Å². The molecule has 0 bridgehead atoms. The highest BCUT2D eigenvalue weighted by Crippen LogP contribution is 2.13. The first-order chi connectivity index (χ1) is 6.20. The minimum atomic E-state index is 0.724. The summed E-state index contributed by atoms with van der Waals surface area (Å²) in [5.74, 6) is 0.724. The Morgan fingerprint density at radius 3 is 2.00 bits per heavy atom. The Hall–Kier alpha value is -0.260. The van der Waals surface area contributed by atoms with Crippen LogP contribution in [0.3, 0.4) is 0 Å². The molecule has 0 amide bonds. The van der Waals surface area contributed by atoms with Crippen molar-refractivity contribution in [2.45, 2.75) is 67.2 Å². The molecule has 0 heteroatoms. The molecule has 0 unspecified atom stereocenters. The average molecular weight is 184 g/mol. The number of rotatable bonds is 5. The molecule has 0 aliphatic carbocycles. The van der Waals surface area contributed by atoms with Crippen LogP contribution in [0.15, 0.2) is 11.6 Å². The van der Waals surface area contributed by atoms with Gasteiger partial charge in [-0.1, -0.05) is 59.6 Å². The fourth-order valence-corrected chi connectivity index (χ4v) is 1.25. The van der Waals surface area contributed by atoms with Gasteiger partial charge < -0.3 is 0 Å². The van der Waals surface area contributed by atoms with Gasteiger partial charge in [0.1, 0.15) is 0 Å². The molecule has 0 saturated heterocycles. The van der Waals surface area contributed by atoms with Crippen molar-refractivity contribution >= 4 is 0 Å². The van der Waals surface area contributed by atoms with E-state index in [4.69, 9.17) is 0 Å². The lowest BCUT2D eigenvalue weighted by Crippen LogP contribution is -1.87. The van der Waals surface area contributed by atoms with Crippen LogP contribution in [0.1, 0.15) is 67.2 Å². The maximum atomic E-state index is 2.41. The largest absolute Gasteiger partial charge is 0.0828 e. The summed E-state index contributed by atoms with van der Waals surface area (Å²) in [6.07, 6.45) is 7.63. The third kappa shape index (κ3) is 11.7. The fourth-order valence-electron chi connectivity index (χ4n) is 1.25. The smallest absolute Gasteiger partial charge is 0.0288 e. The highest BCUT2D eigenvalue weighted by atomic mass is 14.0. The Labute approximate surface area is 85.4 Å². The molecule has 0 aromatic carbocycles. The summed E-state index contributed by atoms with van der Waals surface area (Å²) >= 11 is 0. The molecule has 0 radical (unpaired) electrons. The zero-order valence-corrected chi connectivity index (χ0v) is 10.5. The molecule has 0 saturated carbocycles. The van der Waals surface area contributed by atoms with E-state index in [1.165, 1.54) is 25.7 Å². The number of unbranched alkanes of at least 4 members (excludes halogenated alkanes) is 1. The van der Waals surface area contributed by atoms with Gasteiger partial charge in [0, 0.05) is 0 Å². The highest BCUT2D eigenvalue weighted by Gasteiger charge is 1.94. The van der Waals surface area contributed by atoms with Crippen molar-refractivity contribution in [3.63, 3.8) is 0 Å². The molecule has 0 heterocycles. The van der Waals surface area contributed by atoms with E-state index in [-0.39, 0.29) is 0 Å². The first-order valence-corrected chi connectivity index (χ1v) is 5.90. The maximum Gasteiger partial charge on any atom is -0.0288 e. The van der Waals surface area contributed by atoms with Crippen molar-refractivity contribution in [3.05, 3.63) is 11.6 Å². The molecule has 0 fully saturated rings. The van der Waals surface area contributed by atoms with Gasteiger partial charge in [-0.3, -0.25) is 0 Å². The molecular weight excluding hydrogens is 156 g/mol. The van der Waals surface area contributed by atoms with Crippen LogP contribution in [0.25, 0.3) is 0 Å². The molecule has 0 atom stereocenters. The Balaban J connectivity index is 0. The molecule has 0 nitrogen and oxygen atoms in total. The van der Waals surface area contributed by atoms with Crippen LogP contribution < -0.4 is 0 Å². The first kappa shape index (κ1) is 15.2. The Morgan fingerprint density at radius 2 is 1.69 bits per heavy atom. The molecule has 0 aliphatic rings. The third-order valence-electron chi connectivity index (χ3n) is 1.87. The van der Waals surface area contributed by atoms with Crippen LogP contribution in [0.5, 0.6) is 0 Å². The summed E-state index contributed by atoms with van der Waals surface area (Å²) < 4.78 is 0. The van der Waals surface area contributed by atoms with Gasteiger partial charge in [0.05, 0.1) is 0 Å². The van der Waals surface area contributed by atoms with E-state index in [1.54, 1.807) is 5.57 Å². The molecule has 0 spiro atoms. The monoisotopic (exact) mass is 184 g/mol. The second kappa shape index (κ2) is 11.7.